The Hall–Kier alpha value is -1.02. The van der Waals surface area contributed by atoms with E-state index in [0.717, 1.165) is 12.1 Å². The van der Waals surface area contributed by atoms with Gasteiger partial charge in [0.15, 0.2) is 0 Å². The summed E-state index contributed by atoms with van der Waals surface area (Å²) in [5.41, 5.74) is 0.198. The molecule has 0 amide bonds. The van der Waals surface area contributed by atoms with Gasteiger partial charge in [-0.25, -0.2) is 12.8 Å². The molecular weight excluding hydrogens is 285 g/mol. The van der Waals surface area contributed by atoms with E-state index in [0.29, 0.717) is 19.6 Å². The van der Waals surface area contributed by atoms with Crippen LogP contribution >= 0.6 is 0 Å². The van der Waals surface area contributed by atoms with E-state index in [4.69, 9.17) is 4.74 Å². The van der Waals surface area contributed by atoms with Gasteiger partial charge in [0.1, 0.15) is 5.82 Å². The van der Waals surface area contributed by atoms with Crippen LogP contribution in [0.15, 0.2) is 23.1 Å². The summed E-state index contributed by atoms with van der Waals surface area (Å²) in [6.45, 7) is 2.40. The lowest BCUT2D eigenvalue weighted by Crippen LogP contribution is -2.36. The molecule has 0 spiro atoms. The summed E-state index contributed by atoms with van der Waals surface area (Å²) in [6.07, 6.45) is 0.381. The molecule has 0 aromatic heterocycles. The van der Waals surface area contributed by atoms with E-state index >= 15 is 0 Å². The number of benzene rings is 1. The normalized spacial score (nSPS) is 21.6. The highest BCUT2D eigenvalue weighted by Crippen LogP contribution is 2.23. The number of halogens is 1. The molecule has 1 heterocycles. The van der Waals surface area contributed by atoms with Gasteiger partial charge in [-0.1, -0.05) is 6.07 Å². The molecule has 1 aliphatic rings. The molecule has 1 atom stereocenters. The number of ether oxygens (including phenoxy) is 1. The Labute approximate surface area is 118 Å². The minimum absolute atomic E-state index is 0.172. The van der Waals surface area contributed by atoms with Gasteiger partial charge in [0.25, 0.3) is 0 Å². The van der Waals surface area contributed by atoms with E-state index in [2.05, 4.69) is 0 Å². The van der Waals surface area contributed by atoms with Crippen molar-refractivity contribution in [3.8, 4) is 0 Å². The molecule has 5 nitrogen and oxygen atoms in total. The molecule has 0 aliphatic carbocycles. The van der Waals surface area contributed by atoms with Crippen LogP contribution in [-0.2, 0) is 21.4 Å². The van der Waals surface area contributed by atoms with Gasteiger partial charge >= 0.3 is 0 Å². The minimum atomic E-state index is -3.83. The predicted molar refractivity (Wildman–Crippen MR) is 71.1 cm³/mol. The van der Waals surface area contributed by atoms with Gasteiger partial charge < -0.3 is 9.84 Å². The van der Waals surface area contributed by atoms with E-state index in [1.165, 1.54) is 10.4 Å². The Balaban J connectivity index is 2.41. The van der Waals surface area contributed by atoms with Crippen LogP contribution in [0.25, 0.3) is 0 Å². The minimum Gasteiger partial charge on any atom is -0.392 e. The summed E-state index contributed by atoms with van der Waals surface area (Å²) in [5, 5.41) is 9.25. The predicted octanol–water partition coefficient (Wildman–Crippen LogP) is 1.12. The first-order valence-corrected chi connectivity index (χ1v) is 7.90. The van der Waals surface area contributed by atoms with Gasteiger partial charge in [0.05, 0.1) is 17.6 Å². The Morgan fingerprint density at radius 3 is 2.95 bits per heavy atom. The van der Waals surface area contributed by atoms with E-state index in [-0.39, 0.29) is 23.1 Å². The molecule has 0 radical (unpaired) electrons. The van der Waals surface area contributed by atoms with Crippen molar-refractivity contribution in [2.45, 2.75) is 31.0 Å². The molecule has 1 aromatic rings. The van der Waals surface area contributed by atoms with Crippen LogP contribution in [0.2, 0.25) is 0 Å². The third kappa shape index (κ3) is 3.17. The van der Waals surface area contributed by atoms with Gasteiger partial charge in [-0.15, -0.1) is 0 Å². The van der Waals surface area contributed by atoms with Crippen LogP contribution in [0, 0.1) is 5.82 Å². The average molecular weight is 303 g/mol. The van der Waals surface area contributed by atoms with Crippen molar-refractivity contribution >= 4 is 10.0 Å². The lowest BCUT2D eigenvalue weighted by molar-refractivity contribution is 0.0752. The second-order valence-electron chi connectivity index (χ2n) is 4.81. The van der Waals surface area contributed by atoms with Crippen LogP contribution in [0.4, 0.5) is 4.39 Å². The monoisotopic (exact) mass is 303 g/mol. The summed E-state index contributed by atoms with van der Waals surface area (Å²) in [7, 11) is -3.83. The fourth-order valence-electron chi connectivity index (χ4n) is 2.21. The molecule has 112 valence electrons. The Kier molecular flexibility index (Phi) is 4.74. The lowest BCUT2D eigenvalue weighted by atomic mass is 10.2. The Morgan fingerprint density at radius 1 is 1.50 bits per heavy atom. The zero-order valence-corrected chi connectivity index (χ0v) is 12.1. The zero-order valence-electron chi connectivity index (χ0n) is 11.3. The molecule has 1 N–H and O–H groups in total. The molecule has 7 heteroatoms. The maximum Gasteiger partial charge on any atom is 0.243 e. The molecule has 2 rings (SSSR count). The molecule has 1 aromatic carbocycles. The van der Waals surface area contributed by atoms with Crippen LogP contribution in [0.1, 0.15) is 18.9 Å². The SMILES string of the molecule is CC1CN(S(=O)(=O)c2cc(F)ccc2CO)CCCO1. The second kappa shape index (κ2) is 6.17. The van der Waals surface area contributed by atoms with E-state index in [9.17, 15) is 17.9 Å². The molecular formula is C13H18FNO4S. The number of nitrogens with zero attached hydrogens (tertiary/aromatic N) is 1. The first-order chi connectivity index (χ1) is 9.45. The van der Waals surface area contributed by atoms with Crippen LogP contribution in [0.5, 0.6) is 0 Å². The van der Waals surface area contributed by atoms with Crippen molar-refractivity contribution in [3.05, 3.63) is 29.6 Å². The number of aliphatic hydroxyl groups is 1. The van der Waals surface area contributed by atoms with Crippen molar-refractivity contribution in [3.63, 3.8) is 0 Å². The topological polar surface area (TPSA) is 66.8 Å². The van der Waals surface area contributed by atoms with E-state index < -0.39 is 22.4 Å². The van der Waals surface area contributed by atoms with Gasteiger partial charge in [-0.3, -0.25) is 0 Å². The first-order valence-electron chi connectivity index (χ1n) is 6.46. The molecule has 20 heavy (non-hydrogen) atoms. The summed E-state index contributed by atoms with van der Waals surface area (Å²) >= 11 is 0. The number of hydrogen-bond donors (Lipinski definition) is 1. The molecule has 1 unspecified atom stereocenters. The van der Waals surface area contributed by atoms with Gasteiger partial charge in [0, 0.05) is 19.7 Å². The van der Waals surface area contributed by atoms with Crippen molar-refractivity contribution in [2.24, 2.45) is 0 Å². The van der Waals surface area contributed by atoms with E-state index in [1.807, 2.05) is 0 Å². The van der Waals surface area contributed by atoms with Crippen LogP contribution in [0.3, 0.4) is 0 Å². The van der Waals surface area contributed by atoms with Crippen molar-refractivity contribution in [2.75, 3.05) is 19.7 Å². The highest BCUT2D eigenvalue weighted by molar-refractivity contribution is 7.89. The number of hydrogen-bond acceptors (Lipinski definition) is 4. The van der Waals surface area contributed by atoms with Gasteiger partial charge in [0.2, 0.25) is 10.0 Å². The number of sulfonamides is 1. The Bertz CT molecular complexity index is 576. The number of rotatable bonds is 3. The summed E-state index contributed by atoms with van der Waals surface area (Å²) in [5.74, 6) is -0.639. The van der Waals surface area contributed by atoms with Crippen molar-refractivity contribution in [1.29, 1.82) is 0 Å². The second-order valence-corrected chi connectivity index (χ2v) is 6.71. The largest absolute Gasteiger partial charge is 0.392 e. The first kappa shape index (κ1) is 15.4. The highest BCUT2D eigenvalue weighted by Gasteiger charge is 2.29. The van der Waals surface area contributed by atoms with Gasteiger partial charge in [-0.2, -0.15) is 4.31 Å². The molecule has 0 saturated carbocycles. The quantitative estimate of drug-likeness (QED) is 0.908. The summed E-state index contributed by atoms with van der Waals surface area (Å²) in [4.78, 5) is -0.172. The Morgan fingerprint density at radius 2 is 2.25 bits per heavy atom. The average Bonchev–Trinajstić information content (AvgIpc) is 2.64. The fourth-order valence-corrected chi connectivity index (χ4v) is 3.99. The molecule has 1 saturated heterocycles. The fraction of sp³-hybridized carbons (Fsp3) is 0.538. The standard InChI is InChI=1S/C13H18FNO4S/c1-10-8-15(5-2-6-19-10)20(17,18)13-7-12(14)4-3-11(13)9-16/h3-4,7,10,16H,2,5-6,8-9H2,1H3. The van der Waals surface area contributed by atoms with Gasteiger partial charge in [-0.05, 0) is 31.0 Å². The highest BCUT2D eigenvalue weighted by atomic mass is 32.2. The maximum atomic E-state index is 13.3. The zero-order chi connectivity index (χ0) is 14.8. The molecule has 1 fully saturated rings. The maximum absolute atomic E-state index is 13.3. The van der Waals surface area contributed by atoms with Crippen LogP contribution < -0.4 is 0 Å². The summed E-state index contributed by atoms with van der Waals surface area (Å²) in [6, 6.07) is 3.38. The van der Waals surface area contributed by atoms with E-state index in [1.54, 1.807) is 6.92 Å². The summed E-state index contributed by atoms with van der Waals surface area (Å²) < 4.78 is 45.3. The molecule has 0 bridgehead atoms. The smallest absolute Gasteiger partial charge is 0.243 e. The molecule has 1 aliphatic heterocycles. The lowest BCUT2D eigenvalue weighted by Gasteiger charge is -2.22. The van der Waals surface area contributed by atoms with Crippen LogP contribution in [-0.4, -0.2) is 43.6 Å². The third-order valence-corrected chi connectivity index (χ3v) is 5.18. The van der Waals surface area contributed by atoms with Crippen molar-refractivity contribution < 1.29 is 22.7 Å². The van der Waals surface area contributed by atoms with Crippen molar-refractivity contribution in [1.82, 2.24) is 4.31 Å². The third-order valence-electron chi connectivity index (χ3n) is 3.23. The number of aliphatic hydroxyl groups excluding tert-OH is 1.